The molecule has 0 aliphatic rings. The van der Waals surface area contributed by atoms with Gasteiger partial charge in [0.05, 0.1) is 0 Å². The van der Waals surface area contributed by atoms with Crippen LogP contribution in [0.15, 0.2) is 30.3 Å². The highest BCUT2D eigenvalue weighted by Crippen LogP contribution is 2.16. The Kier molecular flexibility index (Phi) is 18.8. The molecule has 0 aliphatic heterocycles. The van der Waals surface area contributed by atoms with E-state index in [1.807, 2.05) is 92.6 Å². The van der Waals surface area contributed by atoms with Crippen LogP contribution in [0.2, 0.25) is 0 Å². The zero-order valence-corrected chi connectivity index (χ0v) is 13.3. The Labute approximate surface area is 109 Å². The Hall–Kier alpha value is -0.980. The highest BCUT2D eigenvalue weighted by molar-refractivity contribution is 5.21. The van der Waals surface area contributed by atoms with Crippen LogP contribution in [0.25, 0.3) is 0 Å². The van der Waals surface area contributed by atoms with Crippen LogP contribution >= 0.6 is 0 Å². The Morgan fingerprint density at radius 1 is 0.706 bits per heavy atom. The largest absolute Gasteiger partial charge is 0.488 e. The third kappa shape index (κ3) is 17.6. The lowest BCUT2D eigenvalue weighted by atomic mass is 10.2. The van der Waals surface area contributed by atoms with Crippen molar-refractivity contribution in [2.45, 2.75) is 67.9 Å². The van der Waals surface area contributed by atoms with E-state index in [4.69, 9.17) is 4.74 Å². The Morgan fingerprint density at radius 2 is 1.06 bits per heavy atom. The van der Waals surface area contributed by atoms with Gasteiger partial charge in [0.2, 0.25) is 0 Å². The van der Waals surface area contributed by atoms with Crippen molar-refractivity contribution < 1.29 is 4.74 Å². The van der Waals surface area contributed by atoms with Gasteiger partial charge < -0.3 is 4.74 Å². The topological polar surface area (TPSA) is 9.23 Å². The molecule has 1 rings (SSSR count). The second kappa shape index (κ2) is 15.0. The predicted octanol–water partition coefficient (Wildman–Crippen LogP) is 5.94. The molecule has 0 spiro atoms. The van der Waals surface area contributed by atoms with Crippen molar-refractivity contribution in [2.24, 2.45) is 0 Å². The smallest absolute Gasteiger partial charge is 0.120 e. The summed E-state index contributed by atoms with van der Waals surface area (Å²) in [6.45, 7) is 18.1. The summed E-state index contributed by atoms with van der Waals surface area (Å²) in [4.78, 5) is 0. The van der Waals surface area contributed by atoms with E-state index < -0.39 is 0 Å². The molecule has 0 atom stereocenters. The zero-order valence-electron chi connectivity index (χ0n) is 13.3. The average Bonchev–Trinajstić information content (AvgIpc) is 2.36. The minimum absolute atomic E-state index is 0.0959. The lowest BCUT2D eigenvalue weighted by Crippen LogP contribution is -2.22. The van der Waals surface area contributed by atoms with Crippen LogP contribution in [0.3, 0.4) is 0 Å². The third-order valence-corrected chi connectivity index (χ3v) is 1.17. The first-order valence-electron chi connectivity index (χ1n) is 6.82. The van der Waals surface area contributed by atoms with Gasteiger partial charge in [-0.15, -0.1) is 0 Å². The van der Waals surface area contributed by atoms with Gasteiger partial charge in [0.25, 0.3) is 0 Å². The molecule has 1 aromatic rings. The molecular formula is C16H32O. The summed E-state index contributed by atoms with van der Waals surface area (Å²) in [5, 5.41) is 0. The van der Waals surface area contributed by atoms with E-state index in [1.54, 1.807) is 0 Å². The van der Waals surface area contributed by atoms with Gasteiger partial charge >= 0.3 is 0 Å². The van der Waals surface area contributed by atoms with E-state index in [1.165, 1.54) is 0 Å². The molecule has 0 unspecified atom stereocenters. The molecule has 0 aliphatic carbocycles. The van der Waals surface area contributed by atoms with Gasteiger partial charge in [-0.3, -0.25) is 0 Å². The monoisotopic (exact) mass is 240 g/mol. The maximum absolute atomic E-state index is 5.60. The van der Waals surface area contributed by atoms with Crippen LogP contribution in [-0.2, 0) is 0 Å². The van der Waals surface area contributed by atoms with Gasteiger partial charge in [-0.05, 0) is 32.9 Å². The van der Waals surface area contributed by atoms with E-state index in [2.05, 4.69) is 0 Å². The zero-order chi connectivity index (χ0) is 14.3. The van der Waals surface area contributed by atoms with Crippen molar-refractivity contribution in [3.05, 3.63) is 30.3 Å². The van der Waals surface area contributed by atoms with Crippen molar-refractivity contribution in [1.82, 2.24) is 0 Å². The van der Waals surface area contributed by atoms with Crippen LogP contribution in [-0.4, -0.2) is 5.60 Å². The number of benzene rings is 1. The van der Waals surface area contributed by atoms with Crippen LogP contribution in [0.5, 0.6) is 5.75 Å². The molecule has 1 nitrogen and oxygen atoms in total. The van der Waals surface area contributed by atoms with Gasteiger partial charge in [0.1, 0.15) is 11.4 Å². The molecule has 0 aromatic heterocycles. The van der Waals surface area contributed by atoms with Crippen molar-refractivity contribution in [3.63, 3.8) is 0 Å². The van der Waals surface area contributed by atoms with E-state index >= 15 is 0 Å². The van der Waals surface area contributed by atoms with Gasteiger partial charge in [-0.1, -0.05) is 59.7 Å². The molecular weight excluding hydrogens is 208 g/mol. The summed E-state index contributed by atoms with van der Waals surface area (Å²) in [5.41, 5.74) is -0.0959. The van der Waals surface area contributed by atoms with Crippen LogP contribution < -0.4 is 4.74 Å². The maximum atomic E-state index is 5.60. The second-order valence-electron chi connectivity index (χ2n) is 3.53. The summed E-state index contributed by atoms with van der Waals surface area (Å²) in [6.07, 6.45) is 0. The quantitative estimate of drug-likeness (QED) is 0.590. The lowest BCUT2D eigenvalue weighted by molar-refractivity contribution is 0.131. The minimum Gasteiger partial charge on any atom is -0.488 e. The molecule has 0 saturated heterocycles. The van der Waals surface area contributed by atoms with Crippen LogP contribution in [0, 0.1) is 0 Å². The van der Waals surface area contributed by atoms with Gasteiger partial charge in [-0.2, -0.15) is 0 Å². The van der Waals surface area contributed by atoms with Gasteiger partial charge in [0.15, 0.2) is 0 Å². The summed E-state index contributed by atoms with van der Waals surface area (Å²) in [7, 11) is 0. The fraction of sp³-hybridized carbons (Fsp3) is 0.625. The van der Waals surface area contributed by atoms with E-state index in [-0.39, 0.29) is 5.60 Å². The SMILES string of the molecule is CC.CC.CC.CC(C)(C)Oc1ccccc1. The lowest BCUT2D eigenvalue weighted by Gasteiger charge is -2.20. The van der Waals surface area contributed by atoms with Crippen molar-refractivity contribution in [2.75, 3.05) is 0 Å². The molecule has 1 heteroatoms. The highest BCUT2D eigenvalue weighted by Gasteiger charge is 2.10. The normalized spacial score (nSPS) is 8.29. The van der Waals surface area contributed by atoms with E-state index in [0.717, 1.165) is 5.75 Å². The van der Waals surface area contributed by atoms with Crippen molar-refractivity contribution in [3.8, 4) is 5.75 Å². The minimum atomic E-state index is -0.0959. The Bertz CT molecular complexity index is 209. The number of ether oxygens (including phenoxy) is 1. The molecule has 102 valence electrons. The highest BCUT2D eigenvalue weighted by atomic mass is 16.5. The van der Waals surface area contributed by atoms with Crippen molar-refractivity contribution in [1.29, 1.82) is 0 Å². The summed E-state index contributed by atoms with van der Waals surface area (Å²) >= 11 is 0. The van der Waals surface area contributed by atoms with Crippen molar-refractivity contribution >= 4 is 0 Å². The van der Waals surface area contributed by atoms with Gasteiger partial charge in [0, 0.05) is 0 Å². The number of hydrogen-bond acceptors (Lipinski definition) is 1. The van der Waals surface area contributed by atoms with E-state index in [9.17, 15) is 0 Å². The first-order valence-corrected chi connectivity index (χ1v) is 6.82. The first kappa shape index (κ1) is 21.3. The number of hydrogen-bond donors (Lipinski definition) is 0. The summed E-state index contributed by atoms with van der Waals surface area (Å²) < 4.78 is 5.60. The third-order valence-electron chi connectivity index (χ3n) is 1.17. The number of para-hydroxylation sites is 1. The first-order chi connectivity index (χ1) is 8.08. The molecule has 0 fully saturated rings. The molecule has 0 radical (unpaired) electrons. The fourth-order valence-corrected chi connectivity index (χ4v) is 0.842. The maximum Gasteiger partial charge on any atom is 0.120 e. The second-order valence-corrected chi connectivity index (χ2v) is 3.53. The Balaban J connectivity index is -0.000000285. The standard InChI is InChI=1S/C10H14O.3C2H6/c1-10(2,3)11-9-7-5-4-6-8-9;3*1-2/h4-8H,1-3H3;3*1-2H3. The molecule has 0 bridgehead atoms. The van der Waals surface area contributed by atoms with Crippen LogP contribution in [0.1, 0.15) is 62.3 Å². The van der Waals surface area contributed by atoms with Crippen LogP contribution in [0.4, 0.5) is 0 Å². The fourth-order valence-electron chi connectivity index (χ4n) is 0.842. The molecule has 0 heterocycles. The molecule has 17 heavy (non-hydrogen) atoms. The molecule has 0 N–H and O–H groups in total. The number of rotatable bonds is 1. The average molecular weight is 240 g/mol. The van der Waals surface area contributed by atoms with Gasteiger partial charge in [-0.25, -0.2) is 0 Å². The molecule has 0 saturated carbocycles. The molecule has 0 amide bonds. The predicted molar refractivity (Wildman–Crippen MR) is 80.9 cm³/mol. The Morgan fingerprint density at radius 3 is 1.35 bits per heavy atom. The summed E-state index contributed by atoms with van der Waals surface area (Å²) in [6, 6.07) is 9.86. The molecule has 1 aromatic carbocycles. The summed E-state index contributed by atoms with van der Waals surface area (Å²) in [5.74, 6) is 0.931. The van der Waals surface area contributed by atoms with E-state index in [0.29, 0.717) is 0 Å².